The number of benzene rings is 1. The van der Waals surface area contributed by atoms with Gasteiger partial charge in [-0.1, -0.05) is 0 Å². The van der Waals surface area contributed by atoms with E-state index in [1.165, 1.54) is 6.07 Å². The highest BCUT2D eigenvalue weighted by atomic mass is 19.4. The molecule has 2 saturated heterocycles. The lowest BCUT2D eigenvalue weighted by atomic mass is 9.74. The highest BCUT2D eigenvalue weighted by Crippen LogP contribution is 2.45. The quantitative estimate of drug-likeness (QED) is 0.699. The molecule has 33 heavy (non-hydrogen) atoms. The van der Waals surface area contributed by atoms with Gasteiger partial charge >= 0.3 is 6.18 Å². The number of carbonyl (C=O) groups excluding carboxylic acids is 1. The molecule has 0 spiro atoms. The molecule has 2 aliphatic heterocycles. The van der Waals surface area contributed by atoms with Crippen LogP contribution in [-0.2, 0) is 18.0 Å². The molecular weight excluding hydrogens is 435 g/mol. The van der Waals surface area contributed by atoms with Crippen LogP contribution < -0.4 is 4.90 Å². The van der Waals surface area contributed by atoms with E-state index in [0.717, 1.165) is 18.2 Å². The highest BCUT2D eigenvalue weighted by Gasteiger charge is 2.51. The Bertz CT molecular complexity index is 1090. The lowest BCUT2D eigenvalue weighted by Gasteiger charge is -2.43. The number of halogens is 3. The molecule has 0 saturated carbocycles. The van der Waals surface area contributed by atoms with Crippen LogP contribution in [0.2, 0.25) is 0 Å². The zero-order valence-electron chi connectivity index (χ0n) is 18.8. The molecule has 2 fully saturated rings. The Morgan fingerprint density at radius 1 is 1.33 bits per heavy atom. The van der Waals surface area contributed by atoms with Crippen molar-refractivity contribution in [3.05, 3.63) is 46.8 Å². The fourth-order valence-electron chi connectivity index (χ4n) is 5.14. The number of likely N-dealkylation sites (tertiary alicyclic amines) is 1. The van der Waals surface area contributed by atoms with Gasteiger partial charge in [-0.3, -0.25) is 9.48 Å². The molecule has 2 unspecified atom stereocenters. The molecule has 1 amide bonds. The summed E-state index contributed by atoms with van der Waals surface area (Å²) in [4.78, 5) is 16.8. The van der Waals surface area contributed by atoms with Crippen molar-refractivity contribution < 1.29 is 22.7 Å². The van der Waals surface area contributed by atoms with Crippen LogP contribution in [0.1, 0.15) is 33.7 Å². The molecule has 176 valence electrons. The number of carbonyl (C=O) groups is 1. The monoisotopic (exact) mass is 461 g/mol. The highest BCUT2D eigenvalue weighted by molar-refractivity contribution is 5.92. The van der Waals surface area contributed by atoms with E-state index >= 15 is 0 Å². The second kappa shape index (κ2) is 8.37. The van der Waals surface area contributed by atoms with Crippen LogP contribution in [0.5, 0.6) is 0 Å². The molecule has 2 atom stereocenters. The largest absolute Gasteiger partial charge is 0.417 e. The lowest BCUT2D eigenvalue weighted by molar-refractivity contribution is -0.137. The number of rotatable bonds is 4. The molecule has 0 radical (unpaired) electrons. The number of hydrogen-bond acceptors (Lipinski definition) is 5. The number of nitriles is 1. The number of alkyl halides is 3. The molecule has 1 aromatic heterocycles. The van der Waals surface area contributed by atoms with Gasteiger partial charge in [0.25, 0.3) is 5.91 Å². The van der Waals surface area contributed by atoms with E-state index in [-0.39, 0.29) is 11.8 Å². The Kier molecular flexibility index (Phi) is 5.86. The van der Waals surface area contributed by atoms with Gasteiger partial charge in [0.15, 0.2) is 5.69 Å². The molecule has 1 aromatic carbocycles. The van der Waals surface area contributed by atoms with Crippen molar-refractivity contribution in [3.8, 4) is 6.07 Å². The third-order valence-electron chi connectivity index (χ3n) is 6.91. The van der Waals surface area contributed by atoms with Crippen LogP contribution in [0.4, 0.5) is 18.9 Å². The lowest BCUT2D eigenvalue weighted by Crippen LogP contribution is -2.53. The summed E-state index contributed by atoms with van der Waals surface area (Å²) in [6.45, 7) is 4.29. The third kappa shape index (κ3) is 4.17. The number of anilines is 1. The van der Waals surface area contributed by atoms with Crippen molar-refractivity contribution in [2.75, 3.05) is 44.8 Å². The van der Waals surface area contributed by atoms with Gasteiger partial charge in [0, 0.05) is 57.1 Å². The molecule has 0 N–H and O–H groups in total. The van der Waals surface area contributed by atoms with Gasteiger partial charge in [0.1, 0.15) is 0 Å². The van der Waals surface area contributed by atoms with Crippen molar-refractivity contribution in [1.29, 1.82) is 5.26 Å². The maximum Gasteiger partial charge on any atom is 0.417 e. The molecule has 7 nitrogen and oxygen atoms in total. The number of methoxy groups -OCH3 is 1. The van der Waals surface area contributed by atoms with Gasteiger partial charge in [-0.2, -0.15) is 23.5 Å². The van der Waals surface area contributed by atoms with E-state index in [2.05, 4.69) is 5.10 Å². The van der Waals surface area contributed by atoms with Gasteiger partial charge in [0.2, 0.25) is 0 Å². The number of aromatic nitrogens is 2. The first-order valence-electron chi connectivity index (χ1n) is 10.7. The van der Waals surface area contributed by atoms with Crippen molar-refractivity contribution >= 4 is 11.6 Å². The number of hydrogen-bond donors (Lipinski definition) is 0. The number of piperidine rings is 1. The first-order chi connectivity index (χ1) is 15.6. The Labute approximate surface area is 190 Å². The molecule has 0 aliphatic carbocycles. The minimum Gasteiger partial charge on any atom is -0.384 e. The zero-order valence-corrected chi connectivity index (χ0v) is 18.8. The van der Waals surface area contributed by atoms with Crippen molar-refractivity contribution in [2.24, 2.45) is 18.4 Å². The summed E-state index contributed by atoms with van der Waals surface area (Å²) in [5.74, 6) is 0.0146. The van der Waals surface area contributed by atoms with E-state index in [9.17, 15) is 18.0 Å². The minimum absolute atomic E-state index is 0.149. The fourth-order valence-corrected chi connectivity index (χ4v) is 5.14. The summed E-state index contributed by atoms with van der Waals surface area (Å²) in [5, 5.41) is 13.4. The number of nitrogens with zero attached hydrogens (tertiary/aromatic N) is 5. The summed E-state index contributed by atoms with van der Waals surface area (Å²) < 4.78 is 47.6. The topological polar surface area (TPSA) is 74.4 Å². The number of amides is 1. The minimum atomic E-state index is -4.61. The van der Waals surface area contributed by atoms with Crippen LogP contribution in [0, 0.1) is 29.6 Å². The first kappa shape index (κ1) is 23.1. The molecule has 0 bridgehead atoms. The van der Waals surface area contributed by atoms with Crippen molar-refractivity contribution in [1.82, 2.24) is 14.7 Å². The Balaban J connectivity index is 1.60. The van der Waals surface area contributed by atoms with E-state index in [1.54, 1.807) is 41.9 Å². The summed E-state index contributed by atoms with van der Waals surface area (Å²) in [6.07, 6.45) is -3.89. The molecular formula is C23H26F3N5O2. The molecule has 2 aromatic rings. The van der Waals surface area contributed by atoms with Gasteiger partial charge in [-0.05, 0) is 43.5 Å². The van der Waals surface area contributed by atoms with E-state index in [0.29, 0.717) is 44.2 Å². The molecule has 3 heterocycles. The van der Waals surface area contributed by atoms with Crippen LogP contribution >= 0.6 is 0 Å². The third-order valence-corrected chi connectivity index (χ3v) is 6.91. The summed E-state index contributed by atoms with van der Waals surface area (Å²) in [6, 6.07) is 7.22. The number of fused-ring (bicyclic) bond motifs is 1. The van der Waals surface area contributed by atoms with Crippen LogP contribution in [0.3, 0.4) is 0 Å². The predicted octanol–water partition coefficient (Wildman–Crippen LogP) is 3.23. The SMILES string of the molecule is COCC12CN(C(=O)c3cc(C)n(C)n3)CCC1CN(c1ccc(C#N)c(C(F)(F)F)c1)C2. The van der Waals surface area contributed by atoms with Crippen LogP contribution in [-0.4, -0.2) is 60.5 Å². The van der Waals surface area contributed by atoms with Crippen LogP contribution in [0.15, 0.2) is 24.3 Å². The second-order valence-electron chi connectivity index (χ2n) is 9.02. The molecule has 2 aliphatic rings. The Hall–Kier alpha value is -3.06. The molecule has 4 rings (SSSR count). The predicted molar refractivity (Wildman–Crippen MR) is 115 cm³/mol. The van der Waals surface area contributed by atoms with Crippen LogP contribution in [0.25, 0.3) is 0 Å². The summed E-state index contributed by atoms with van der Waals surface area (Å²) in [7, 11) is 3.38. The van der Waals surface area contributed by atoms with Gasteiger partial charge in [-0.15, -0.1) is 0 Å². The number of ether oxygens (including phenoxy) is 1. The fraction of sp³-hybridized carbons (Fsp3) is 0.522. The standard InChI is InChI=1S/C23H26F3N5O2/c1-15-8-20(28-29(15)2)21(32)30-7-6-17-11-31(13-22(17,12-30)14-33-3)18-5-4-16(10-27)19(9-18)23(24,25)26/h4-5,8-9,17H,6-7,11-14H2,1-3H3. The van der Waals surface area contributed by atoms with Gasteiger partial charge < -0.3 is 14.5 Å². The van der Waals surface area contributed by atoms with Crippen molar-refractivity contribution in [2.45, 2.75) is 19.5 Å². The zero-order chi connectivity index (χ0) is 24.0. The normalized spacial score (nSPS) is 22.9. The van der Waals surface area contributed by atoms with E-state index in [1.807, 2.05) is 11.8 Å². The number of aryl methyl sites for hydroxylation is 2. The van der Waals surface area contributed by atoms with Crippen molar-refractivity contribution in [3.63, 3.8) is 0 Å². The van der Waals surface area contributed by atoms with Gasteiger partial charge in [-0.25, -0.2) is 0 Å². The average Bonchev–Trinajstić information content (AvgIpc) is 3.31. The Morgan fingerprint density at radius 2 is 2.09 bits per heavy atom. The maximum atomic E-state index is 13.5. The Morgan fingerprint density at radius 3 is 2.70 bits per heavy atom. The maximum absolute atomic E-state index is 13.5. The second-order valence-corrected chi connectivity index (χ2v) is 9.02. The summed E-state index contributed by atoms with van der Waals surface area (Å²) in [5.41, 5.74) is -0.0357. The average molecular weight is 461 g/mol. The first-order valence-corrected chi connectivity index (χ1v) is 10.7. The van der Waals surface area contributed by atoms with E-state index < -0.39 is 22.7 Å². The summed E-state index contributed by atoms with van der Waals surface area (Å²) >= 11 is 0. The smallest absolute Gasteiger partial charge is 0.384 e. The van der Waals surface area contributed by atoms with E-state index in [4.69, 9.17) is 10.00 Å². The van der Waals surface area contributed by atoms with Gasteiger partial charge in [0.05, 0.1) is 23.8 Å². The molecule has 10 heteroatoms.